The zero-order valence-corrected chi connectivity index (χ0v) is 12.0. The van der Waals surface area contributed by atoms with Crippen molar-refractivity contribution in [2.75, 3.05) is 26.2 Å². The maximum absolute atomic E-state index is 6.20. The van der Waals surface area contributed by atoms with Crippen molar-refractivity contribution in [2.45, 2.75) is 44.8 Å². The molecular weight excluding hydrogens is 238 g/mol. The monoisotopic (exact) mass is 263 g/mol. The summed E-state index contributed by atoms with van der Waals surface area (Å²) in [6, 6.07) is 5.30. The predicted molar refractivity (Wildman–Crippen MR) is 76.0 cm³/mol. The van der Waals surface area contributed by atoms with Gasteiger partial charge in [-0.2, -0.15) is 0 Å². The summed E-state index contributed by atoms with van der Waals surface area (Å²) < 4.78 is 5.81. The van der Waals surface area contributed by atoms with Crippen molar-refractivity contribution in [1.82, 2.24) is 9.80 Å². The second-order valence-electron chi connectivity index (χ2n) is 6.06. The maximum Gasteiger partial charge on any atom is 0.122 e. The summed E-state index contributed by atoms with van der Waals surface area (Å²) in [5, 5.41) is 0. The molecule has 3 rings (SSSR count). The van der Waals surface area contributed by atoms with Gasteiger partial charge in [-0.15, -0.1) is 0 Å². The first kappa shape index (κ1) is 13.2. The standard InChI is InChI=1S/C15H25N3O/c1-11-3-6-14(19-11)15(12(2)16)18-9-7-17(8-10-18)13-4-5-13/h3,6,12-13,15H,4-5,7-10,16H2,1-2H3. The molecule has 2 N–H and O–H groups in total. The molecule has 2 heterocycles. The quantitative estimate of drug-likeness (QED) is 0.899. The number of piperazine rings is 1. The van der Waals surface area contributed by atoms with E-state index in [2.05, 4.69) is 22.8 Å². The summed E-state index contributed by atoms with van der Waals surface area (Å²) in [5.41, 5.74) is 6.20. The van der Waals surface area contributed by atoms with Gasteiger partial charge in [-0.1, -0.05) is 0 Å². The number of aryl methyl sites for hydroxylation is 1. The molecule has 2 unspecified atom stereocenters. The SMILES string of the molecule is Cc1ccc(C(C(C)N)N2CCN(C3CC3)CC2)o1. The number of furan rings is 1. The fourth-order valence-corrected chi connectivity index (χ4v) is 3.20. The normalized spacial score (nSPS) is 25.4. The highest BCUT2D eigenvalue weighted by Crippen LogP contribution is 2.31. The second kappa shape index (κ2) is 5.27. The third kappa shape index (κ3) is 2.86. The molecule has 4 nitrogen and oxygen atoms in total. The second-order valence-corrected chi connectivity index (χ2v) is 6.06. The zero-order valence-electron chi connectivity index (χ0n) is 12.0. The predicted octanol–water partition coefficient (Wildman–Crippen LogP) is 1.76. The molecule has 1 saturated heterocycles. The van der Waals surface area contributed by atoms with Crippen molar-refractivity contribution in [1.29, 1.82) is 0 Å². The number of nitrogens with zero attached hydrogens (tertiary/aromatic N) is 2. The number of nitrogens with two attached hydrogens (primary N) is 1. The summed E-state index contributed by atoms with van der Waals surface area (Å²) in [7, 11) is 0. The lowest BCUT2D eigenvalue weighted by atomic mass is 10.0. The van der Waals surface area contributed by atoms with Crippen LogP contribution in [-0.2, 0) is 0 Å². The van der Waals surface area contributed by atoms with E-state index in [1.165, 1.54) is 25.9 Å². The summed E-state index contributed by atoms with van der Waals surface area (Å²) in [5.74, 6) is 1.99. The van der Waals surface area contributed by atoms with E-state index in [9.17, 15) is 0 Å². The van der Waals surface area contributed by atoms with Gasteiger partial charge in [-0.05, 0) is 38.8 Å². The van der Waals surface area contributed by atoms with Gasteiger partial charge >= 0.3 is 0 Å². The lowest BCUT2D eigenvalue weighted by Crippen LogP contribution is -2.51. The van der Waals surface area contributed by atoms with Gasteiger partial charge in [0.1, 0.15) is 11.5 Å². The molecule has 0 spiro atoms. The van der Waals surface area contributed by atoms with Gasteiger partial charge in [0.2, 0.25) is 0 Å². The topological polar surface area (TPSA) is 45.6 Å². The molecule has 0 bridgehead atoms. The van der Waals surface area contributed by atoms with Crippen LogP contribution in [0.1, 0.15) is 37.3 Å². The highest BCUT2D eigenvalue weighted by atomic mass is 16.3. The summed E-state index contributed by atoms with van der Waals surface area (Å²) >= 11 is 0. The number of rotatable bonds is 4. The molecule has 0 radical (unpaired) electrons. The van der Waals surface area contributed by atoms with E-state index in [0.717, 1.165) is 30.7 Å². The zero-order chi connectivity index (χ0) is 13.4. The summed E-state index contributed by atoms with van der Waals surface area (Å²) in [4.78, 5) is 5.12. The average Bonchev–Trinajstić information content (AvgIpc) is 3.14. The van der Waals surface area contributed by atoms with E-state index in [4.69, 9.17) is 10.2 Å². The van der Waals surface area contributed by atoms with E-state index in [-0.39, 0.29) is 12.1 Å². The van der Waals surface area contributed by atoms with Crippen LogP contribution in [0.2, 0.25) is 0 Å². The molecule has 19 heavy (non-hydrogen) atoms. The van der Waals surface area contributed by atoms with Gasteiger partial charge in [0.15, 0.2) is 0 Å². The van der Waals surface area contributed by atoms with Crippen molar-refractivity contribution >= 4 is 0 Å². The van der Waals surface area contributed by atoms with Crippen LogP contribution in [0.3, 0.4) is 0 Å². The van der Waals surface area contributed by atoms with Crippen molar-refractivity contribution in [3.05, 3.63) is 23.7 Å². The highest BCUT2D eigenvalue weighted by Gasteiger charge is 2.34. The van der Waals surface area contributed by atoms with Crippen LogP contribution in [0.25, 0.3) is 0 Å². The Balaban J connectivity index is 1.67. The fourth-order valence-electron chi connectivity index (χ4n) is 3.20. The van der Waals surface area contributed by atoms with Crippen LogP contribution < -0.4 is 5.73 Å². The minimum Gasteiger partial charge on any atom is -0.465 e. The molecular formula is C15H25N3O. The Hall–Kier alpha value is -0.840. The molecule has 1 aromatic heterocycles. The fraction of sp³-hybridized carbons (Fsp3) is 0.733. The van der Waals surface area contributed by atoms with Gasteiger partial charge in [-0.25, -0.2) is 0 Å². The molecule has 1 aromatic rings. The third-order valence-electron chi connectivity index (χ3n) is 4.36. The van der Waals surface area contributed by atoms with Gasteiger partial charge in [0.25, 0.3) is 0 Å². The Kier molecular flexibility index (Phi) is 3.65. The van der Waals surface area contributed by atoms with Crippen molar-refractivity contribution in [3.8, 4) is 0 Å². The molecule has 2 fully saturated rings. The average molecular weight is 263 g/mol. The van der Waals surface area contributed by atoms with Crippen molar-refractivity contribution < 1.29 is 4.42 Å². The molecule has 0 amide bonds. The Bertz CT molecular complexity index is 417. The van der Waals surface area contributed by atoms with E-state index < -0.39 is 0 Å². The molecule has 4 heteroatoms. The van der Waals surface area contributed by atoms with Crippen molar-refractivity contribution in [3.63, 3.8) is 0 Å². The van der Waals surface area contributed by atoms with E-state index in [1.54, 1.807) is 0 Å². The molecule has 106 valence electrons. The number of hydrogen-bond donors (Lipinski definition) is 1. The lowest BCUT2D eigenvalue weighted by Gasteiger charge is -2.40. The first-order valence-corrected chi connectivity index (χ1v) is 7.45. The molecule has 2 aliphatic rings. The largest absolute Gasteiger partial charge is 0.465 e. The summed E-state index contributed by atoms with van der Waals surface area (Å²) in [6.07, 6.45) is 2.79. The Labute approximate surface area is 115 Å². The Morgan fingerprint density at radius 1 is 1.21 bits per heavy atom. The van der Waals surface area contributed by atoms with Crippen molar-refractivity contribution in [2.24, 2.45) is 5.73 Å². The summed E-state index contributed by atoms with van der Waals surface area (Å²) in [6.45, 7) is 8.62. The van der Waals surface area contributed by atoms with Crippen LogP contribution in [0, 0.1) is 6.92 Å². The van der Waals surface area contributed by atoms with Crippen LogP contribution >= 0.6 is 0 Å². The smallest absolute Gasteiger partial charge is 0.122 e. The van der Waals surface area contributed by atoms with Gasteiger partial charge < -0.3 is 10.2 Å². The van der Waals surface area contributed by atoms with Crippen LogP contribution in [0.15, 0.2) is 16.5 Å². The first-order valence-electron chi connectivity index (χ1n) is 7.45. The number of hydrogen-bond acceptors (Lipinski definition) is 4. The van der Waals surface area contributed by atoms with Gasteiger partial charge in [0.05, 0.1) is 6.04 Å². The van der Waals surface area contributed by atoms with Gasteiger partial charge in [-0.3, -0.25) is 9.80 Å². The van der Waals surface area contributed by atoms with Gasteiger partial charge in [0, 0.05) is 38.3 Å². The van der Waals surface area contributed by atoms with E-state index >= 15 is 0 Å². The molecule has 2 atom stereocenters. The van der Waals surface area contributed by atoms with E-state index in [1.807, 2.05) is 13.0 Å². The van der Waals surface area contributed by atoms with E-state index in [0.29, 0.717) is 0 Å². The minimum atomic E-state index is 0.0954. The highest BCUT2D eigenvalue weighted by molar-refractivity contribution is 5.12. The molecule has 1 aliphatic heterocycles. The van der Waals surface area contributed by atoms with Crippen LogP contribution in [0.5, 0.6) is 0 Å². The first-order chi connectivity index (χ1) is 9.15. The van der Waals surface area contributed by atoms with Crippen LogP contribution in [-0.4, -0.2) is 48.1 Å². The molecule has 0 aromatic carbocycles. The lowest BCUT2D eigenvalue weighted by molar-refractivity contribution is 0.0729. The Morgan fingerprint density at radius 2 is 1.89 bits per heavy atom. The maximum atomic E-state index is 6.20. The molecule has 1 aliphatic carbocycles. The van der Waals surface area contributed by atoms with Crippen LogP contribution in [0.4, 0.5) is 0 Å². The minimum absolute atomic E-state index is 0.0954. The Morgan fingerprint density at radius 3 is 2.37 bits per heavy atom. The molecule has 1 saturated carbocycles. The third-order valence-corrected chi connectivity index (χ3v) is 4.36.